The zero-order valence-corrected chi connectivity index (χ0v) is 12.2. The molecule has 19 heavy (non-hydrogen) atoms. The van der Waals surface area contributed by atoms with Crippen LogP contribution in [0.4, 0.5) is 0 Å². The van der Waals surface area contributed by atoms with Crippen LogP contribution in [-0.4, -0.2) is 12.1 Å². The monoisotopic (exact) mass is 260 g/mol. The van der Waals surface area contributed by atoms with Crippen molar-refractivity contribution >= 4 is 0 Å². The lowest BCUT2D eigenvalue weighted by atomic mass is 9.83. The molecule has 0 aromatic heterocycles. The molecule has 0 heterocycles. The van der Waals surface area contributed by atoms with Crippen molar-refractivity contribution in [3.63, 3.8) is 0 Å². The molecule has 1 unspecified atom stereocenters. The molecule has 0 amide bonds. The topological polar surface area (TPSA) is 38.0 Å². The van der Waals surface area contributed by atoms with Crippen molar-refractivity contribution in [3.05, 3.63) is 35.9 Å². The SMILES string of the molecule is CC(NC1(CN)CCCCCCC1)c1ccccc1. The highest BCUT2D eigenvalue weighted by Gasteiger charge is 2.30. The van der Waals surface area contributed by atoms with Gasteiger partial charge < -0.3 is 11.1 Å². The minimum Gasteiger partial charge on any atom is -0.329 e. The third-order valence-electron chi connectivity index (χ3n) is 4.52. The molecule has 0 radical (unpaired) electrons. The molecule has 1 aromatic rings. The van der Waals surface area contributed by atoms with E-state index in [1.165, 1.54) is 50.5 Å². The predicted molar refractivity (Wildman–Crippen MR) is 82.1 cm³/mol. The molecule has 0 bridgehead atoms. The van der Waals surface area contributed by atoms with Gasteiger partial charge in [-0.1, -0.05) is 62.4 Å². The van der Waals surface area contributed by atoms with Gasteiger partial charge in [-0.3, -0.25) is 0 Å². The van der Waals surface area contributed by atoms with Crippen molar-refractivity contribution in [1.82, 2.24) is 5.32 Å². The van der Waals surface area contributed by atoms with E-state index in [-0.39, 0.29) is 5.54 Å². The molecule has 2 nitrogen and oxygen atoms in total. The number of nitrogens with two attached hydrogens (primary N) is 1. The van der Waals surface area contributed by atoms with Crippen LogP contribution >= 0.6 is 0 Å². The van der Waals surface area contributed by atoms with Crippen molar-refractivity contribution < 1.29 is 0 Å². The van der Waals surface area contributed by atoms with E-state index in [1.54, 1.807) is 0 Å². The largest absolute Gasteiger partial charge is 0.329 e. The molecular weight excluding hydrogens is 232 g/mol. The molecule has 2 rings (SSSR count). The summed E-state index contributed by atoms with van der Waals surface area (Å²) in [5, 5.41) is 3.84. The molecule has 1 aliphatic rings. The van der Waals surface area contributed by atoms with E-state index in [0.717, 1.165) is 6.54 Å². The van der Waals surface area contributed by atoms with Gasteiger partial charge in [0.05, 0.1) is 0 Å². The Morgan fingerprint density at radius 2 is 1.63 bits per heavy atom. The van der Waals surface area contributed by atoms with Gasteiger partial charge in [0, 0.05) is 18.1 Å². The standard InChI is InChI=1S/C17H28N2/c1-15(16-10-6-5-7-11-16)19-17(14-18)12-8-3-2-4-9-13-17/h5-7,10-11,15,19H,2-4,8-9,12-14,18H2,1H3. The van der Waals surface area contributed by atoms with Crippen LogP contribution in [0.3, 0.4) is 0 Å². The Labute approximate surface area is 117 Å². The second kappa shape index (κ2) is 7.06. The zero-order chi connectivity index (χ0) is 13.6. The summed E-state index contributed by atoms with van der Waals surface area (Å²) in [5.74, 6) is 0. The highest BCUT2D eigenvalue weighted by Crippen LogP contribution is 2.28. The first-order valence-electron chi connectivity index (χ1n) is 7.78. The fraction of sp³-hybridized carbons (Fsp3) is 0.647. The Morgan fingerprint density at radius 1 is 1.05 bits per heavy atom. The van der Waals surface area contributed by atoms with Gasteiger partial charge in [0.15, 0.2) is 0 Å². The van der Waals surface area contributed by atoms with Gasteiger partial charge in [0.2, 0.25) is 0 Å². The van der Waals surface area contributed by atoms with Gasteiger partial charge in [-0.25, -0.2) is 0 Å². The van der Waals surface area contributed by atoms with Crippen LogP contribution in [-0.2, 0) is 0 Å². The summed E-state index contributed by atoms with van der Waals surface area (Å²) in [6, 6.07) is 11.1. The smallest absolute Gasteiger partial charge is 0.0309 e. The molecule has 1 saturated carbocycles. The number of benzene rings is 1. The second-order valence-electron chi connectivity index (χ2n) is 6.03. The van der Waals surface area contributed by atoms with Crippen LogP contribution in [0.2, 0.25) is 0 Å². The maximum Gasteiger partial charge on any atom is 0.0309 e. The number of hydrogen-bond acceptors (Lipinski definition) is 2. The fourth-order valence-electron chi connectivity index (χ4n) is 3.27. The lowest BCUT2D eigenvalue weighted by Gasteiger charge is -2.38. The molecule has 0 aliphatic heterocycles. The minimum atomic E-state index is 0.148. The summed E-state index contributed by atoms with van der Waals surface area (Å²) in [6.45, 7) is 3.01. The molecule has 106 valence electrons. The lowest BCUT2D eigenvalue weighted by Crippen LogP contribution is -2.52. The fourth-order valence-corrected chi connectivity index (χ4v) is 3.27. The highest BCUT2D eigenvalue weighted by molar-refractivity contribution is 5.18. The summed E-state index contributed by atoms with van der Waals surface area (Å²) in [5.41, 5.74) is 7.63. The highest BCUT2D eigenvalue weighted by atomic mass is 15.0. The van der Waals surface area contributed by atoms with Crippen LogP contribution in [0.5, 0.6) is 0 Å². The van der Waals surface area contributed by atoms with E-state index in [1.807, 2.05) is 0 Å². The van der Waals surface area contributed by atoms with E-state index < -0.39 is 0 Å². The first kappa shape index (κ1) is 14.5. The number of hydrogen-bond donors (Lipinski definition) is 2. The predicted octanol–water partition coefficient (Wildman–Crippen LogP) is 3.78. The molecule has 3 N–H and O–H groups in total. The first-order chi connectivity index (χ1) is 9.26. The Morgan fingerprint density at radius 3 is 2.21 bits per heavy atom. The van der Waals surface area contributed by atoms with Gasteiger partial charge in [0.25, 0.3) is 0 Å². The second-order valence-corrected chi connectivity index (χ2v) is 6.03. The van der Waals surface area contributed by atoms with Crippen molar-refractivity contribution in [2.45, 2.75) is 63.5 Å². The molecule has 0 saturated heterocycles. The summed E-state index contributed by atoms with van der Waals surface area (Å²) in [6.07, 6.45) is 9.19. The maximum atomic E-state index is 6.12. The molecule has 0 spiro atoms. The van der Waals surface area contributed by atoms with Crippen molar-refractivity contribution in [2.75, 3.05) is 6.54 Å². The molecular formula is C17H28N2. The Hall–Kier alpha value is -0.860. The van der Waals surface area contributed by atoms with E-state index >= 15 is 0 Å². The van der Waals surface area contributed by atoms with Crippen LogP contribution in [0.25, 0.3) is 0 Å². The van der Waals surface area contributed by atoms with E-state index in [9.17, 15) is 0 Å². The summed E-state index contributed by atoms with van der Waals surface area (Å²) in [7, 11) is 0. The summed E-state index contributed by atoms with van der Waals surface area (Å²) >= 11 is 0. The maximum absolute atomic E-state index is 6.12. The third kappa shape index (κ3) is 4.05. The zero-order valence-electron chi connectivity index (χ0n) is 12.2. The Balaban J connectivity index is 2.04. The first-order valence-corrected chi connectivity index (χ1v) is 7.78. The van der Waals surface area contributed by atoms with Crippen molar-refractivity contribution in [2.24, 2.45) is 5.73 Å². The average Bonchev–Trinajstić information content (AvgIpc) is 2.43. The molecule has 1 fully saturated rings. The normalized spacial score (nSPS) is 21.4. The van der Waals surface area contributed by atoms with Crippen LogP contribution in [0, 0.1) is 0 Å². The van der Waals surface area contributed by atoms with Crippen LogP contribution < -0.4 is 11.1 Å². The van der Waals surface area contributed by atoms with Crippen LogP contribution in [0.1, 0.15) is 63.5 Å². The number of nitrogens with one attached hydrogen (secondary N) is 1. The van der Waals surface area contributed by atoms with Gasteiger partial charge in [0.1, 0.15) is 0 Å². The Bertz CT molecular complexity index is 353. The van der Waals surface area contributed by atoms with E-state index in [0.29, 0.717) is 6.04 Å². The molecule has 1 atom stereocenters. The molecule has 2 heteroatoms. The summed E-state index contributed by atoms with van der Waals surface area (Å²) in [4.78, 5) is 0. The van der Waals surface area contributed by atoms with E-state index in [2.05, 4.69) is 42.6 Å². The third-order valence-corrected chi connectivity index (χ3v) is 4.52. The Kier molecular flexibility index (Phi) is 5.41. The van der Waals surface area contributed by atoms with Crippen LogP contribution in [0.15, 0.2) is 30.3 Å². The van der Waals surface area contributed by atoms with Crippen molar-refractivity contribution in [1.29, 1.82) is 0 Å². The average molecular weight is 260 g/mol. The molecule has 1 aliphatic carbocycles. The molecule has 1 aromatic carbocycles. The van der Waals surface area contributed by atoms with Crippen molar-refractivity contribution in [3.8, 4) is 0 Å². The minimum absolute atomic E-state index is 0.148. The van der Waals surface area contributed by atoms with Gasteiger partial charge in [-0.15, -0.1) is 0 Å². The number of rotatable bonds is 4. The van der Waals surface area contributed by atoms with Gasteiger partial charge in [-0.05, 0) is 25.3 Å². The summed E-state index contributed by atoms with van der Waals surface area (Å²) < 4.78 is 0. The van der Waals surface area contributed by atoms with E-state index in [4.69, 9.17) is 5.73 Å². The lowest BCUT2D eigenvalue weighted by molar-refractivity contribution is 0.235. The van der Waals surface area contributed by atoms with Gasteiger partial charge in [-0.2, -0.15) is 0 Å². The quantitative estimate of drug-likeness (QED) is 0.864. The van der Waals surface area contributed by atoms with Gasteiger partial charge >= 0.3 is 0 Å².